The van der Waals surface area contributed by atoms with Gasteiger partial charge in [-0.3, -0.25) is 19.2 Å². The predicted molar refractivity (Wildman–Crippen MR) is 191 cm³/mol. The summed E-state index contributed by atoms with van der Waals surface area (Å²) in [6.45, 7) is 13.1. The van der Waals surface area contributed by atoms with Crippen molar-refractivity contribution in [3.63, 3.8) is 0 Å². The van der Waals surface area contributed by atoms with E-state index in [0.29, 0.717) is 42.0 Å². The number of rotatable bonds is 16. The molecule has 3 fully saturated rings. The first-order valence-corrected chi connectivity index (χ1v) is 17.8. The first kappa shape index (κ1) is 37.3. The monoisotopic (exact) mass is 705 g/mol. The van der Waals surface area contributed by atoms with Gasteiger partial charge in [-0.2, -0.15) is 0 Å². The Balaban J connectivity index is 1.52. The van der Waals surface area contributed by atoms with Crippen molar-refractivity contribution >= 4 is 41.0 Å². The Bertz CT molecular complexity index is 1580. The molecule has 0 unspecified atom stereocenters. The summed E-state index contributed by atoms with van der Waals surface area (Å²) in [5, 5.41) is 13.9. The number of allylic oxidation sites excluding steroid dienone is 1. The lowest BCUT2D eigenvalue weighted by Crippen LogP contribution is -2.59. The molecule has 3 heterocycles. The molecule has 2 aromatic rings. The third-order valence-corrected chi connectivity index (χ3v) is 10.4. The average Bonchev–Trinajstić information content (AvgIpc) is 3.74. The molecular weight excluding hydrogens is 658 g/mol. The van der Waals surface area contributed by atoms with Gasteiger partial charge >= 0.3 is 5.97 Å². The summed E-state index contributed by atoms with van der Waals surface area (Å²) in [4.78, 5) is 59.5. The standard InChI is InChI=1S/C39H48ClN3O7/c1-6-8-17-31(45)41-22-30(26-14-10-9-11-15-26)49-38(48)32-29-18-19-39(50-29)33(32)36(46)43(27(23-44)21-24(3)4)35(39)37(47)42(20-7-2)34-25(5)13-12-16-28(34)40/h6-7,9-16,24,27,29-30,32-33,35,44H,1-2,8,17-23H2,3-5H3,(H,41,45)/t27-,29-,30+,32+,33+,35-,39+/m1/s1. The molecule has 3 saturated heterocycles. The molecule has 2 bridgehead atoms. The Kier molecular flexibility index (Phi) is 11.9. The summed E-state index contributed by atoms with van der Waals surface area (Å²) < 4.78 is 12.8. The molecule has 0 radical (unpaired) electrons. The lowest BCUT2D eigenvalue weighted by atomic mass is 9.70. The highest BCUT2D eigenvalue weighted by atomic mass is 35.5. The van der Waals surface area contributed by atoms with Crippen molar-refractivity contribution < 1.29 is 33.8 Å². The number of nitrogens with zero attached hydrogens (tertiary/aromatic N) is 2. The number of likely N-dealkylation sites (tertiary alicyclic amines) is 1. The molecule has 1 spiro atoms. The lowest BCUT2D eigenvalue weighted by molar-refractivity contribution is -0.161. The number of carbonyl (C=O) groups is 4. The van der Waals surface area contributed by atoms with Gasteiger partial charge in [0, 0.05) is 13.0 Å². The van der Waals surface area contributed by atoms with Crippen LogP contribution in [0.2, 0.25) is 5.02 Å². The van der Waals surface area contributed by atoms with Crippen molar-refractivity contribution in [3.05, 3.63) is 90.0 Å². The quantitative estimate of drug-likeness (QED) is 0.179. The minimum atomic E-state index is -1.33. The van der Waals surface area contributed by atoms with Crippen molar-refractivity contribution in [3.8, 4) is 0 Å². The number of carbonyl (C=O) groups excluding carboxylic acids is 4. The third kappa shape index (κ3) is 7.11. The van der Waals surface area contributed by atoms with E-state index in [4.69, 9.17) is 21.1 Å². The van der Waals surface area contributed by atoms with Gasteiger partial charge in [-0.15, -0.1) is 13.2 Å². The topological polar surface area (TPSA) is 125 Å². The zero-order chi connectivity index (χ0) is 36.2. The normalized spacial score (nSPS) is 24.8. The van der Waals surface area contributed by atoms with E-state index in [2.05, 4.69) is 18.5 Å². The number of hydrogen-bond acceptors (Lipinski definition) is 7. The summed E-state index contributed by atoms with van der Waals surface area (Å²) in [5.74, 6) is -3.59. The Hall–Kier alpha value is -3.99. The van der Waals surface area contributed by atoms with Crippen molar-refractivity contribution in [2.75, 3.05) is 24.6 Å². The molecule has 0 aromatic heterocycles. The third-order valence-electron chi connectivity index (χ3n) is 10.1. The number of nitrogens with one attached hydrogen (secondary N) is 1. The number of halogens is 1. The lowest BCUT2D eigenvalue weighted by Gasteiger charge is -2.40. The van der Waals surface area contributed by atoms with Gasteiger partial charge in [-0.25, -0.2) is 0 Å². The van der Waals surface area contributed by atoms with Gasteiger partial charge in [0.15, 0.2) is 0 Å². The molecule has 2 aromatic carbocycles. The Morgan fingerprint density at radius 3 is 2.54 bits per heavy atom. The Morgan fingerprint density at radius 2 is 1.90 bits per heavy atom. The molecule has 0 saturated carbocycles. The highest BCUT2D eigenvalue weighted by molar-refractivity contribution is 6.34. The Labute approximate surface area is 299 Å². The van der Waals surface area contributed by atoms with Crippen LogP contribution in [0.25, 0.3) is 0 Å². The maximum absolute atomic E-state index is 15.0. The van der Waals surface area contributed by atoms with Gasteiger partial charge in [0.1, 0.15) is 17.7 Å². The van der Waals surface area contributed by atoms with Crippen LogP contribution in [0.1, 0.15) is 63.2 Å². The smallest absolute Gasteiger partial charge is 0.313 e. The molecule has 3 aliphatic heterocycles. The van der Waals surface area contributed by atoms with Crippen LogP contribution >= 0.6 is 11.6 Å². The van der Waals surface area contributed by atoms with E-state index >= 15 is 0 Å². The van der Waals surface area contributed by atoms with Gasteiger partial charge in [0.05, 0.1) is 47.8 Å². The molecule has 2 N–H and O–H groups in total. The molecule has 268 valence electrons. The maximum atomic E-state index is 15.0. The zero-order valence-corrected chi connectivity index (χ0v) is 29.8. The molecule has 10 nitrogen and oxygen atoms in total. The van der Waals surface area contributed by atoms with Crippen LogP contribution in [0.15, 0.2) is 73.8 Å². The fraction of sp³-hybridized carbons (Fsp3) is 0.487. The number of esters is 1. The van der Waals surface area contributed by atoms with E-state index in [0.717, 1.165) is 5.56 Å². The Morgan fingerprint density at radius 1 is 1.16 bits per heavy atom. The van der Waals surface area contributed by atoms with E-state index in [-0.39, 0.29) is 37.9 Å². The number of aliphatic hydroxyl groups is 1. The number of aryl methyl sites for hydroxylation is 1. The largest absolute Gasteiger partial charge is 0.455 e. The minimum absolute atomic E-state index is 0.0373. The average molecular weight is 706 g/mol. The number of ether oxygens (including phenoxy) is 2. The van der Waals surface area contributed by atoms with Crippen molar-refractivity contribution in [1.82, 2.24) is 10.2 Å². The first-order chi connectivity index (χ1) is 24.0. The van der Waals surface area contributed by atoms with Crippen LogP contribution in [0, 0.1) is 24.7 Å². The summed E-state index contributed by atoms with van der Waals surface area (Å²) in [7, 11) is 0. The fourth-order valence-electron chi connectivity index (χ4n) is 8.03. The number of amides is 3. The van der Waals surface area contributed by atoms with E-state index in [9.17, 15) is 24.3 Å². The number of para-hydroxylation sites is 1. The number of hydrogen-bond donors (Lipinski definition) is 2. The number of aliphatic hydroxyl groups excluding tert-OH is 1. The second-order valence-electron chi connectivity index (χ2n) is 13.9. The summed E-state index contributed by atoms with van der Waals surface area (Å²) in [6.07, 6.45) is 3.79. The second kappa shape index (κ2) is 15.9. The van der Waals surface area contributed by atoms with Gasteiger partial charge in [0.2, 0.25) is 11.8 Å². The fourth-order valence-corrected chi connectivity index (χ4v) is 8.35. The van der Waals surface area contributed by atoms with Gasteiger partial charge < -0.3 is 29.7 Å². The predicted octanol–water partition coefficient (Wildman–Crippen LogP) is 5.32. The highest BCUT2D eigenvalue weighted by Gasteiger charge is 2.75. The second-order valence-corrected chi connectivity index (χ2v) is 14.3. The van der Waals surface area contributed by atoms with E-state index in [1.54, 1.807) is 24.3 Å². The van der Waals surface area contributed by atoms with Crippen molar-refractivity contribution in [2.45, 2.75) is 82.8 Å². The number of benzene rings is 2. The van der Waals surface area contributed by atoms with Crippen LogP contribution in [-0.2, 0) is 28.7 Å². The highest BCUT2D eigenvalue weighted by Crippen LogP contribution is 2.59. The van der Waals surface area contributed by atoms with Gasteiger partial charge in [0.25, 0.3) is 5.91 Å². The molecule has 3 aliphatic rings. The van der Waals surface area contributed by atoms with Crippen LogP contribution < -0.4 is 10.2 Å². The maximum Gasteiger partial charge on any atom is 0.313 e. The van der Waals surface area contributed by atoms with Gasteiger partial charge in [-0.05, 0) is 55.7 Å². The van der Waals surface area contributed by atoms with Crippen molar-refractivity contribution in [2.24, 2.45) is 17.8 Å². The molecule has 3 amide bonds. The van der Waals surface area contributed by atoms with Gasteiger partial charge in [-0.1, -0.05) is 80.1 Å². The SMILES string of the molecule is C=CCCC(=O)NC[C@H](OC(=O)[C@@H]1[C@H]2C(=O)N([C@@H](CO)CC(C)C)[C@H](C(=O)N(CC=C)c3c(C)cccc3Cl)[C@]23CC[C@H]1O3)c1ccccc1. The minimum Gasteiger partial charge on any atom is -0.455 e. The van der Waals surface area contributed by atoms with Crippen LogP contribution in [-0.4, -0.2) is 77.2 Å². The zero-order valence-electron chi connectivity index (χ0n) is 29.1. The molecule has 11 heteroatoms. The first-order valence-electron chi connectivity index (χ1n) is 17.4. The molecule has 50 heavy (non-hydrogen) atoms. The number of anilines is 1. The van der Waals surface area contributed by atoms with E-state index in [1.807, 2.05) is 57.2 Å². The summed E-state index contributed by atoms with van der Waals surface area (Å²) in [5.41, 5.74) is 0.617. The number of fused-ring (bicyclic) bond motifs is 1. The summed E-state index contributed by atoms with van der Waals surface area (Å²) in [6, 6.07) is 12.6. The van der Waals surface area contributed by atoms with Crippen molar-refractivity contribution in [1.29, 1.82) is 0 Å². The van der Waals surface area contributed by atoms with Crippen LogP contribution in [0.5, 0.6) is 0 Å². The van der Waals surface area contributed by atoms with Crippen LogP contribution in [0.3, 0.4) is 0 Å². The molecule has 7 atom stereocenters. The van der Waals surface area contributed by atoms with E-state index < -0.39 is 59.5 Å². The molecule has 0 aliphatic carbocycles. The van der Waals surface area contributed by atoms with Crippen LogP contribution in [0.4, 0.5) is 5.69 Å². The van der Waals surface area contributed by atoms with E-state index in [1.165, 1.54) is 9.80 Å². The summed E-state index contributed by atoms with van der Waals surface area (Å²) >= 11 is 6.68. The molecular formula is C39H48ClN3O7. The molecule has 5 rings (SSSR count).